The highest BCUT2D eigenvalue weighted by molar-refractivity contribution is 6.28. The smallest absolute Gasteiger partial charge is 0.259 e. The molecule has 0 atom stereocenters. The normalized spacial score (nSPS) is 14.7. The maximum absolute atomic E-state index is 13.4. The summed E-state index contributed by atoms with van der Waals surface area (Å²) in [6.45, 7) is 1.92. The van der Waals surface area contributed by atoms with Gasteiger partial charge in [-0.25, -0.2) is 4.39 Å². The fourth-order valence-corrected chi connectivity index (χ4v) is 3.70. The third kappa shape index (κ3) is 1.89. The molecule has 5 nitrogen and oxygen atoms in total. The molecule has 6 heteroatoms. The minimum Gasteiger partial charge on any atom is -0.454 e. The molecule has 5 rings (SSSR count). The quantitative estimate of drug-likeness (QED) is 0.682. The summed E-state index contributed by atoms with van der Waals surface area (Å²) in [4.78, 5) is 24.9. The van der Waals surface area contributed by atoms with Crippen LogP contribution in [-0.2, 0) is 0 Å². The second-order valence-corrected chi connectivity index (χ2v) is 6.29. The molecule has 0 spiro atoms. The number of halogens is 1. The molecule has 2 aliphatic rings. The lowest BCUT2D eigenvalue weighted by Gasteiger charge is -2.15. The van der Waals surface area contributed by atoms with Crippen molar-refractivity contribution in [2.75, 3.05) is 6.79 Å². The van der Waals surface area contributed by atoms with E-state index in [4.69, 9.17) is 9.47 Å². The molecule has 1 N–H and O–H groups in total. The molecule has 3 aromatic carbocycles. The SMILES string of the molecule is Cc1c2c(c(-c3ccc(F)cc3)c3cc4c(cc13)OCO4)C(=O)NC2=O. The molecule has 0 radical (unpaired) electrons. The molecule has 2 aliphatic heterocycles. The van der Waals surface area contributed by atoms with Gasteiger partial charge in [0.15, 0.2) is 11.5 Å². The fraction of sp³-hybridized carbons (Fsp3) is 0.100. The topological polar surface area (TPSA) is 64.6 Å². The van der Waals surface area contributed by atoms with Crippen molar-refractivity contribution in [1.29, 1.82) is 0 Å². The minimum absolute atomic E-state index is 0.121. The van der Waals surface area contributed by atoms with E-state index in [-0.39, 0.29) is 12.6 Å². The Bertz CT molecular complexity index is 1140. The molecule has 128 valence electrons. The summed E-state index contributed by atoms with van der Waals surface area (Å²) in [6.07, 6.45) is 0. The maximum Gasteiger partial charge on any atom is 0.259 e. The summed E-state index contributed by atoms with van der Waals surface area (Å²) >= 11 is 0. The monoisotopic (exact) mass is 349 g/mol. The van der Waals surface area contributed by atoms with Crippen LogP contribution in [0.25, 0.3) is 21.9 Å². The van der Waals surface area contributed by atoms with Gasteiger partial charge < -0.3 is 9.47 Å². The lowest BCUT2D eigenvalue weighted by atomic mass is 9.87. The highest BCUT2D eigenvalue weighted by atomic mass is 19.1. The molecule has 2 heterocycles. The standard InChI is InChI=1S/C20H12FNO4/c1-9-12-6-14-15(26-8-25-14)7-13(12)17(10-2-4-11(21)5-3-10)18-16(9)19(23)22-20(18)24/h2-7H,8H2,1H3,(H,22,23,24). The minimum atomic E-state index is -0.452. The number of amides is 2. The molecule has 0 saturated carbocycles. The van der Waals surface area contributed by atoms with E-state index in [9.17, 15) is 14.0 Å². The number of rotatable bonds is 1. The van der Waals surface area contributed by atoms with Crippen LogP contribution in [0.1, 0.15) is 26.3 Å². The number of fused-ring (bicyclic) bond motifs is 3. The van der Waals surface area contributed by atoms with Crippen molar-refractivity contribution >= 4 is 22.6 Å². The van der Waals surface area contributed by atoms with E-state index in [0.717, 1.165) is 10.8 Å². The summed E-state index contributed by atoms with van der Waals surface area (Å²) in [6, 6.07) is 9.47. The first-order valence-corrected chi connectivity index (χ1v) is 8.06. The summed E-state index contributed by atoms with van der Waals surface area (Å²) in [5.74, 6) is -0.0855. The van der Waals surface area contributed by atoms with Crippen LogP contribution in [0.2, 0.25) is 0 Å². The van der Waals surface area contributed by atoms with E-state index in [1.165, 1.54) is 12.1 Å². The number of benzene rings is 3. The van der Waals surface area contributed by atoms with Gasteiger partial charge in [-0.1, -0.05) is 12.1 Å². The molecule has 0 unspecified atom stereocenters. The largest absolute Gasteiger partial charge is 0.454 e. The van der Waals surface area contributed by atoms with Gasteiger partial charge in [-0.05, 0) is 53.1 Å². The first-order valence-electron chi connectivity index (χ1n) is 8.06. The average Bonchev–Trinajstić information content (AvgIpc) is 3.19. The van der Waals surface area contributed by atoms with Crippen LogP contribution in [0.15, 0.2) is 36.4 Å². The number of ether oxygens (including phenoxy) is 2. The summed E-state index contributed by atoms with van der Waals surface area (Å²) in [5.41, 5.74) is 2.59. The van der Waals surface area contributed by atoms with E-state index in [1.54, 1.807) is 25.1 Å². The maximum atomic E-state index is 13.4. The summed E-state index contributed by atoms with van der Waals surface area (Å²) in [5, 5.41) is 3.90. The van der Waals surface area contributed by atoms with E-state index < -0.39 is 11.8 Å². The Morgan fingerprint density at radius 2 is 1.50 bits per heavy atom. The molecule has 3 aromatic rings. The van der Waals surface area contributed by atoms with Gasteiger partial charge in [0.2, 0.25) is 6.79 Å². The molecule has 0 saturated heterocycles. The van der Waals surface area contributed by atoms with Gasteiger partial charge in [0.1, 0.15) is 5.82 Å². The lowest BCUT2D eigenvalue weighted by Crippen LogP contribution is -2.20. The predicted molar refractivity (Wildman–Crippen MR) is 92.0 cm³/mol. The Morgan fingerprint density at radius 1 is 0.885 bits per heavy atom. The van der Waals surface area contributed by atoms with Crippen LogP contribution in [0.5, 0.6) is 11.5 Å². The Balaban J connectivity index is 1.97. The van der Waals surface area contributed by atoms with Crippen molar-refractivity contribution in [2.24, 2.45) is 0 Å². The van der Waals surface area contributed by atoms with Crippen molar-refractivity contribution in [3.63, 3.8) is 0 Å². The predicted octanol–water partition coefficient (Wildman–Crippen LogP) is 3.57. The third-order valence-electron chi connectivity index (χ3n) is 4.88. The van der Waals surface area contributed by atoms with E-state index in [0.29, 0.717) is 39.3 Å². The van der Waals surface area contributed by atoms with Crippen molar-refractivity contribution in [1.82, 2.24) is 5.32 Å². The molecular weight excluding hydrogens is 337 g/mol. The average molecular weight is 349 g/mol. The molecule has 2 amide bonds. The van der Waals surface area contributed by atoms with E-state index in [1.807, 2.05) is 6.07 Å². The van der Waals surface area contributed by atoms with Gasteiger partial charge in [0.25, 0.3) is 11.8 Å². The van der Waals surface area contributed by atoms with Gasteiger partial charge in [0, 0.05) is 5.56 Å². The zero-order valence-electron chi connectivity index (χ0n) is 13.7. The van der Waals surface area contributed by atoms with Crippen LogP contribution >= 0.6 is 0 Å². The Labute approximate surface area is 147 Å². The van der Waals surface area contributed by atoms with Crippen LogP contribution in [0.3, 0.4) is 0 Å². The second-order valence-electron chi connectivity index (χ2n) is 6.29. The number of aryl methyl sites for hydroxylation is 1. The van der Waals surface area contributed by atoms with E-state index >= 15 is 0 Å². The van der Waals surface area contributed by atoms with E-state index in [2.05, 4.69) is 5.32 Å². The van der Waals surface area contributed by atoms with Gasteiger partial charge >= 0.3 is 0 Å². The van der Waals surface area contributed by atoms with Crippen molar-refractivity contribution in [3.05, 3.63) is 58.9 Å². The van der Waals surface area contributed by atoms with Gasteiger partial charge in [-0.15, -0.1) is 0 Å². The molecule has 0 bridgehead atoms. The van der Waals surface area contributed by atoms with Crippen LogP contribution in [0.4, 0.5) is 4.39 Å². The molecular formula is C20H12FNO4. The van der Waals surface area contributed by atoms with Gasteiger partial charge in [0.05, 0.1) is 11.1 Å². The highest BCUT2D eigenvalue weighted by Gasteiger charge is 2.34. The van der Waals surface area contributed by atoms with Crippen LogP contribution in [0, 0.1) is 12.7 Å². The second kappa shape index (κ2) is 5.05. The van der Waals surface area contributed by atoms with Crippen LogP contribution in [-0.4, -0.2) is 18.6 Å². The van der Waals surface area contributed by atoms with Gasteiger partial charge in [-0.2, -0.15) is 0 Å². The summed E-state index contributed by atoms with van der Waals surface area (Å²) < 4.78 is 24.3. The number of hydrogen-bond donors (Lipinski definition) is 1. The Morgan fingerprint density at radius 3 is 2.19 bits per heavy atom. The Hall–Kier alpha value is -3.41. The Kier molecular flexibility index (Phi) is 2.89. The number of imide groups is 1. The summed E-state index contributed by atoms with van der Waals surface area (Å²) in [7, 11) is 0. The number of carbonyl (C=O) groups excluding carboxylic acids is 2. The first kappa shape index (κ1) is 14.9. The van der Waals surface area contributed by atoms with Crippen molar-refractivity contribution < 1.29 is 23.5 Å². The first-order chi connectivity index (χ1) is 12.5. The van der Waals surface area contributed by atoms with Crippen molar-refractivity contribution in [2.45, 2.75) is 6.92 Å². The molecule has 0 aliphatic carbocycles. The van der Waals surface area contributed by atoms with Crippen LogP contribution < -0.4 is 14.8 Å². The molecule has 26 heavy (non-hydrogen) atoms. The number of nitrogens with one attached hydrogen (secondary N) is 1. The third-order valence-corrected chi connectivity index (χ3v) is 4.88. The highest BCUT2D eigenvalue weighted by Crippen LogP contribution is 2.44. The zero-order chi connectivity index (χ0) is 18.0. The number of hydrogen-bond acceptors (Lipinski definition) is 4. The molecule has 0 aromatic heterocycles. The van der Waals surface area contributed by atoms with Gasteiger partial charge in [-0.3, -0.25) is 14.9 Å². The number of carbonyl (C=O) groups is 2. The van der Waals surface area contributed by atoms with Crippen molar-refractivity contribution in [3.8, 4) is 22.6 Å². The fourth-order valence-electron chi connectivity index (χ4n) is 3.70. The lowest BCUT2D eigenvalue weighted by molar-refractivity contribution is 0.0879. The molecule has 0 fully saturated rings. The zero-order valence-corrected chi connectivity index (χ0v) is 13.7.